The number of aliphatic hydroxyl groups excluding tert-OH is 1. The Morgan fingerprint density at radius 3 is 2.21 bits per heavy atom. The van der Waals surface area contributed by atoms with Gasteiger partial charge >= 0.3 is 0 Å². The smallest absolute Gasteiger partial charge is 0.181 e. The quantitative estimate of drug-likeness (QED) is 0.775. The van der Waals surface area contributed by atoms with Crippen LogP contribution in [0.3, 0.4) is 0 Å². The van der Waals surface area contributed by atoms with Crippen molar-refractivity contribution in [1.29, 1.82) is 0 Å². The minimum Gasteiger partial charge on any atom is -0.443 e. The van der Waals surface area contributed by atoms with Crippen LogP contribution >= 0.6 is 0 Å². The van der Waals surface area contributed by atoms with E-state index in [0.717, 1.165) is 11.1 Å². The first kappa shape index (κ1) is 11.7. The molecule has 0 saturated heterocycles. The average Bonchev–Trinajstić information content (AvgIpc) is 2.98. The molecule has 3 rings (SSSR count). The number of hydrogen-bond acceptors (Lipinski definition) is 3. The Bertz CT molecular complexity index is 647. The van der Waals surface area contributed by atoms with Crippen LogP contribution in [0.25, 0.3) is 11.3 Å². The van der Waals surface area contributed by atoms with Crippen LogP contribution in [-0.2, 0) is 0 Å². The average molecular weight is 251 g/mol. The van der Waals surface area contributed by atoms with E-state index in [0.29, 0.717) is 11.5 Å². The number of aromatic nitrogens is 1. The number of rotatable bonds is 3. The molecule has 3 heteroatoms. The molecule has 1 aromatic heterocycles. The molecule has 1 N–H and O–H groups in total. The predicted molar refractivity (Wildman–Crippen MR) is 72.4 cm³/mol. The SMILES string of the molecule is OC(c1ccccc1)c1ncoc1-c1ccccc1. The Hall–Kier alpha value is -2.39. The van der Waals surface area contributed by atoms with E-state index in [1.165, 1.54) is 6.39 Å². The maximum Gasteiger partial charge on any atom is 0.181 e. The zero-order chi connectivity index (χ0) is 13.1. The third kappa shape index (κ3) is 2.28. The van der Waals surface area contributed by atoms with E-state index in [9.17, 15) is 5.11 Å². The number of aliphatic hydroxyl groups is 1. The lowest BCUT2D eigenvalue weighted by atomic mass is 10.0. The van der Waals surface area contributed by atoms with E-state index < -0.39 is 6.10 Å². The van der Waals surface area contributed by atoms with Crippen LogP contribution in [0.15, 0.2) is 71.5 Å². The van der Waals surface area contributed by atoms with E-state index in [4.69, 9.17) is 4.42 Å². The molecular formula is C16H13NO2. The second kappa shape index (κ2) is 5.08. The van der Waals surface area contributed by atoms with Gasteiger partial charge in [0, 0.05) is 5.56 Å². The first-order valence-corrected chi connectivity index (χ1v) is 6.08. The van der Waals surface area contributed by atoms with E-state index in [1.807, 2.05) is 60.7 Å². The molecule has 2 aromatic carbocycles. The van der Waals surface area contributed by atoms with Crippen LogP contribution in [0.1, 0.15) is 17.4 Å². The fraction of sp³-hybridized carbons (Fsp3) is 0.0625. The Kier molecular flexibility index (Phi) is 3.12. The van der Waals surface area contributed by atoms with Gasteiger partial charge in [-0.2, -0.15) is 0 Å². The van der Waals surface area contributed by atoms with Crippen LogP contribution in [0.5, 0.6) is 0 Å². The molecule has 3 aromatic rings. The van der Waals surface area contributed by atoms with Gasteiger partial charge in [-0.25, -0.2) is 4.98 Å². The lowest BCUT2D eigenvalue weighted by Gasteiger charge is -2.09. The molecule has 3 nitrogen and oxygen atoms in total. The summed E-state index contributed by atoms with van der Waals surface area (Å²) in [6.07, 6.45) is 0.583. The molecule has 0 aliphatic carbocycles. The molecule has 0 saturated carbocycles. The zero-order valence-corrected chi connectivity index (χ0v) is 10.2. The molecule has 0 aliphatic heterocycles. The van der Waals surface area contributed by atoms with Crippen molar-refractivity contribution in [2.45, 2.75) is 6.10 Å². The largest absolute Gasteiger partial charge is 0.443 e. The standard InChI is InChI=1S/C16H13NO2/c18-15(12-7-3-1-4-8-12)14-16(19-11-17-14)13-9-5-2-6-10-13/h1-11,15,18H. The lowest BCUT2D eigenvalue weighted by molar-refractivity contribution is 0.216. The van der Waals surface area contributed by atoms with Crippen molar-refractivity contribution in [2.24, 2.45) is 0 Å². The maximum absolute atomic E-state index is 10.4. The molecule has 0 bridgehead atoms. The second-order valence-electron chi connectivity index (χ2n) is 4.25. The summed E-state index contributed by atoms with van der Waals surface area (Å²) in [5.74, 6) is 0.608. The summed E-state index contributed by atoms with van der Waals surface area (Å²) in [6.45, 7) is 0. The molecule has 0 fully saturated rings. The molecule has 0 radical (unpaired) electrons. The van der Waals surface area contributed by atoms with Gasteiger partial charge in [0.2, 0.25) is 0 Å². The lowest BCUT2D eigenvalue weighted by Crippen LogP contribution is -2.01. The first-order valence-electron chi connectivity index (χ1n) is 6.08. The minimum atomic E-state index is -0.782. The van der Waals surface area contributed by atoms with Gasteiger partial charge in [0.05, 0.1) is 0 Å². The highest BCUT2D eigenvalue weighted by Crippen LogP contribution is 2.30. The molecule has 1 atom stereocenters. The summed E-state index contributed by atoms with van der Waals surface area (Å²) < 4.78 is 5.42. The third-order valence-corrected chi connectivity index (χ3v) is 3.01. The van der Waals surface area contributed by atoms with Gasteiger partial charge in [-0.15, -0.1) is 0 Å². The summed E-state index contributed by atoms with van der Waals surface area (Å²) in [5.41, 5.74) is 2.25. The van der Waals surface area contributed by atoms with E-state index >= 15 is 0 Å². The topological polar surface area (TPSA) is 46.3 Å². The molecule has 0 spiro atoms. The van der Waals surface area contributed by atoms with Crippen molar-refractivity contribution in [3.63, 3.8) is 0 Å². The minimum absolute atomic E-state index is 0.539. The van der Waals surface area contributed by atoms with Crippen LogP contribution < -0.4 is 0 Å². The van der Waals surface area contributed by atoms with Gasteiger partial charge in [0.1, 0.15) is 11.8 Å². The Morgan fingerprint density at radius 2 is 1.53 bits per heavy atom. The number of benzene rings is 2. The molecule has 0 aliphatic rings. The van der Waals surface area contributed by atoms with Crippen molar-refractivity contribution in [3.8, 4) is 11.3 Å². The molecule has 1 unspecified atom stereocenters. The highest BCUT2D eigenvalue weighted by molar-refractivity contribution is 5.60. The molecule has 94 valence electrons. The Morgan fingerprint density at radius 1 is 0.895 bits per heavy atom. The highest BCUT2D eigenvalue weighted by Gasteiger charge is 2.19. The van der Waals surface area contributed by atoms with E-state index in [2.05, 4.69) is 4.98 Å². The fourth-order valence-electron chi connectivity index (χ4n) is 2.05. The van der Waals surface area contributed by atoms with Crippen LogP contribution in [-0.4, -0.2) is 10.1 Å². The second-order valence-corrected chi connectivity index (χ2v) is 4.25. The maximum atomic E-state index is 10.4. The molecule has 19 heavy (non-hydrogen) atoms. The van der Waals surface area contributed by atoms with Crippen molar-refractivity contribution in [3.05, 3.63) is 78.3 Å². The van der Waals surface area contributed by atoms with Crippen molar-refractivity contribution in [2.75, 3.05) is 0 Å². The molecule has 1 heterocycles. The van der Waals surface area contributed by atoms with E-state index in [-0.39, 0.29) is 0 Å². The summed E-state index contributed by atoms with van der Waals surface area (Å²) in [5, 5.41) is 10.4. The van der Waals surface area contributed by atoms with Gasteiger partial charge in [-0.05, 0) is 5.56 Å². The van der Waals surface area contributed by atoms with Gasteiger partial charge in [0.15, 0.2) is 12.2 Å². The molecular weight excluding hydrogens is 238 g/mol. The fourth-order valence-corrected chi connectivity index (χ4v) is 2.05. The van der Waals surface area contributed by atoms with Crippen LogP contribution in [0, 0.1) is 0 Å². The third-order valence-electron chi connectivity index (χ3n) is 3.01. The monoisotopic (exact) mass is 251 g/mol. The summed E-state index contributed by atoms with van der Waals surface area (Å²) >= 11 is 0. The van der Waals surface area contributed by atoms with Gasteiger partial charge in [-0.3, -0.25) is 0 Å². The van der Waals surface area contributed by atoms with Crippen LogP contribution in [0.2, 0.25) is 0 Å². The predicted octanol–water partition coefficient (Wildman–Crippen LogP) is 3.42. The number of nitrogens with zero attached hydrogens (tertiary/aromatic N) is 1. The van der Waals surface area contributed by atoms with Gasteiger partial charge in [0.25, 0.3) is 0 Å². The van der Waals surface area contributed by atoms with E-state index in [1.54, 1.807) is 0 Å². The Balaban J connectivity index is 2.01. The van der Waals surface area contributed by atoms with Crippen LogP contribution in [0.4, 0.5) is 0 Å². The Labute approximate surface area is 111 Å². The van der Waals surface area contributed by atoms with Crippen molar-refractivity contribution in [1.82, 2.24) is 4.98 Å². The van der Waals surface area contributed by atoms with Gasteiger partial charge < -0.3 is 9.52 Å². The van der Waals surface area contributed by atoms with Crippen molar-refractivity contribution >= 4 is 0 Å². The highest BCUT2D eigenvalue weighted by atomic mass is 16.3. The van der Waals surface area contributed by atoms with Crippen molar-refractivity contribution < 1.29 is 9.52 Å². The number of oxazole rings is 1. The normalized spacial score (nSPS) is 12.3. The number of hydrogen-bond donors (Lipinski definition) is 1. The zero-order valence-electron chi connectivity index (χ0n) is 10.2. The van der Waals surface area contributed by atoms with Gasteiger partial charge in [-0.1, -0.05) is 60.7 Å². The molecule has 0 amide bonds. The summed E-state index contributed by atoms with van der Waals surface area (Å²) in [6, 6.07) is 19.1. The summed E-state index contributed by atoms with van der Waals surface area (Å²) in [4.78, 5) is 4.15. The first-order chi connectivity index (χ1) is 9.36. The summed E-state index contributed by atoms with van der Waals surface area (Å²) in [7, 11) is 0.